The molecule has 2 atom stereocenters. The molecule has 1 aromatic heterocycles. The number of Topliss-reactive ketones (excluding diaryl/α,β-unsaturated/α-hetero) is 2. The average molecular weight is 506 g/mol. The number of hydrogen-bond acceptors (Lipinski definition) is 7. The van der Waals surface area contributed by atoms with Gasteiger partial charge in [-0.25, -0.2) is 17.5 Å². The van der Waals surface area contributed by atoms with Gasteiger partial charge in [0.15, 0.2) is 5.78 Å². The van der Waals surface area contributed by atoms with Gasteiger partial charge >= 0.3 is 0 Å². The summed E-state index contributed by atoms with van der Waals surface area (Å²) < 4.78 is 32.4. The molecular weight excluding hydrogens is 474 g/mol. The molecule has 0 fully saturated rings. The number of fused-ring (bicyclic) bond motifs is 1. The topological polar surface area (TPSA) is 122 Å². The second-order valence-corrected chi connectivity index (χ2v) is 11.5. The van der Waals surface area contributed by atoms with Crippen LogP contribution in [-0.4, -0.2) is 42.9 Å². The van der Waals surface area contributed by atoms with E-state index in [4.69, 9.17) is 0 Å². The van der Waals surface area contributed by atoms with E-state index in [2.05, 4.69) is 14.4 Å². The summed E-state index contributed by atoms with van der Waals surface area (Å²) in [5.41, 5.74) is 0.871. The molecule has 0 saturated heterocycles. The Kier molecular flexibility index (Phi) is 9.10. The highest BCUT2D eigenvalue weighted by Gasteiger charge is 2.34. The Morgan fingerprint density at radius 3 is 2.62 bits per heavy atom. The molecule has 2 aromatic rings. The third-order valence-electron chi connectivity index (χ3n) is 5.95. The van der Waals surface area contributed by atoms with Gasteiger partial charge in [0, 0.05) is 30.0 Å². The van der Waals surface area contributed by atoms with Crippen LogP contribution in [0.5, 0.6) is 0 Å². The number of rotatable bonds is 7. The van der Waals surface area contributed by atoms with E-state index in [0.29, 0.717) is 6.54 Å². The minimum Gasteiger partial charge on any atom is -0.349 e. The summed E-state index contributed by atoms with van der Waals surface area (Å²) in [6.45, 7) is 3.89. The molecule has 0 bridgehead atoms. The second kappa shape index (κ2) is 11.8. The summed E-state index contributed by atoms with van der Waals surface area (Å²) >= 11 is 1.38. The maximum atomic E-state index is 13.3. The molecule has 2 unspecified atom stereocenters. The van der Waals surface area contributed by atoms with Crippen LogP contribution < -0.4 is 10.0 Å². The summed E-state index contributed by atoms with van der Waals surface area (Å²) in [6.07, 6.45) is 5.20. The van der Waals surface area contributed by atoms with Crippen LogP contribution in [0, 0.1) is 11.8 Å². The largest absolute Gasteiger partial charge is 0.349 e. The van der Waals surface area contributed by atoms with Crippen LogP contribution in [0.2, 0.25) is 0 Å². The highest BCUT2D eigenvalue weighted by Crippen LogP contribution is 2.24. The molecule has 0 aliphatic carbocycles. The number of hydrogen-bond donors (Lipinski definition) is 2. The highest BCUT2D eigenvalue weighted by molar-refractivity contribution is 7.89. The van der Waals surface area contributed by atoms with Crippen LogP contribution >= 0.6 is 11.5 Å². The number of nitrogens with one attached hydrogen (secondary N) is 2. The summed E-state index contributed by atoms with van der Waals surface area (Å²) in [6, 6.07) is 6.80. The minimum atomic E-state index is -3.93. The van der Waals surface area contributed by atoms with E-state index in [9.17, 15) is 22.8 Å². The molecule has 0 radical (unpaired) electrons. The quantitative estimate of drug-likeness (QED) is 0.558. The Balaban J connectivity index is 1.83. The fraction of sp³-hybridized carbons (Fsp3) is 0.500. The van der Waals surface area contributed by atoms with Crippen molar-refractivity contribution < 1.29 is 22.8 Å². The minimum absolute atomic E-state index is 0.0592. The second-order valence-electron chi connectivity index (χ2n) is 8.93. The number of ketones is 2. The van der Waals surface area contributed by atoms with Crippen molar-refractivity contribution in [3.8, 4) is 0 Å². The first kappa shape index (κ1) is 26.2. The van der Waals surface area contributed by atoms with E-state index in [-0.39, 0.29) is 23.7 Å². The Labute approximate surface area is 204 Å². The molecule has 8 nitrogen and oxygen atoms in total. The predicted octanol–water partition coefficient (Wildman–Crippen LogP) is 2.68. The van der Waals surface area contributed by atoms with Crippen molar-refractivity contribution in [2.75, 3.05) is 6.54 Å². The third-order valence-corrected chi connectivity index (χ3v) is 8.31. The monoisotopic (exact) mass is 505 g/mol. The van der Waals surface area contributed by atoms with Gasteiger partial charge < -0.3 is 5.32 Å². The summed E-state index contributed by atoms with van der Waals surface area (Å²) in [5.74, 6) is -3.00. The number of benzene rings is 1. The third kappa shape index (κ3) is 6.80. The van der Waals surface area contributed by atoms with Gasteiger partial charge in [-0.15, -0.1) is 0 Å². The molecule has 1 aliphatic heterocycles. The molecule has 1 aromatic carbocycles. The van der Waals surface area contributed by atoms with E-state index >= 15 is 0 Å². The van der Waals surface area contributed by atoms with Gasteiger partial charge in [-0.3, -0.25) is 14.4 Å². The van der Waals surface area contributed by atoms with Crippen molar-refractivity contribution in [2.24, 2.45) is 11.8 Å². The highest BCUT2D eigenvalue weighted by atomic mass is 32.2. The molecule has 34 heavy (non-hydrogen) atoms. The average Bonchev–Trinajstić information content (AvgIpc) is 3.25. The van der Waals surface area contributed by atoms with Crippen LogP contribution in [0.4, 0.5) is 0 Å². The van der Waals surface area contributed by atoms with Gasteiger partial charge in [0.2, 0.25) is 15.8 Å². The maximum absolute atomic E-state index is 13.3. The van der Waals surface area contributed by atoms with Crippen molar-refractivity contribution in [3.63, 3.8) is 0 Å². The lowest BCUT2D eigenvalue weighted by molar-refractivity contribution is -0.141. The number of carbonyl (C=O) groups is 3. The number of aryl methyl sites for hydroxylation is 1. The molecule has 1 amide bonds. The van der Waals surface area contributed by atoms with Crippen molar-refractivity contribution in [2.45, 2.75) is 63.3 Å². The van der Waals surface area contributed by atoms with Crippen molar-refractivity contribution >= 4 is 39.0 Å². The van der Waals surface area contributed by atoms with E-state index < -0.39 is 39.5 Å². The fourth-order valence-corrected chi connectivity index (χ4v) is 6.21. The van der Waals surface area contributed by atoms with Crippen LogP contribution in [0.25, 0.3) is 0 Å². The van der Waals surface area contributed by atoms with Gasteiger partial charge in [-0.05, 0) is 60.8 Å². The van der Waals surface area contributed by atoms with Crippen LogP contribution in [-0.2, 0) is 37.2 Å². The smallest absolute Gasteiger partial charge is 0.287 e. The van der Waals surface area contributed by atoms with Gasteiger partial charge in [0.1, 0.15) is 0 Å². The predicted molar refractivity (Wildman–Crippen MR) is 130 cm³/mol. The van der Waals surface area contributed by atoms with Gasteiger partial charge in [0.25, 0.3) is 5.91 Å². The normalized spacial score (nSPS) is 19.0. The molecule has 2 N–H and O–H groups in total. The van der Waals surface area contributed by atoms with Crippen LogP contribution in [0.15, 0.2) is 41.4 Å². The number of aromatic nitrogens is 1. The van der Waals surface area contributed by atoms with Crippen molar-refractivity contribution in [1.29, 1.82) is 0 Å². The van der Waals surface area contributed by atoms with Gasteiger partial charge in [-0.2, -0.15) is 0 Å². The van der Waals surface area contributed by atoms with E-state index in [0.717, 1.165) is 36.1 Å². The number of amides is 1. The summed E-state index contributed by atoms with van der Waals surface area (Å²) in [5, 5.41) is 2.66. The van der Waals surface area contributed by atoms with E-state index in [1.165, 1.54) is 23.7 Å². The lowest BCUT2D eigenvalue weighted by Crippen LogP contribution is -2.46. The SMILES string of the molecule is CC(C)C(NS(=O)(=O)c1ccccc1)C(=O)CC1Cc2cnsc2CCCCCNC(=O)C1=O. The lowest BCUT2D eigenvalue weighted by atomic mass is 9.86. The van der Waals surface area contributed by atoms with Crippen molar-refractivity contribution in [3.05, 3.63) is 47.0 Å². The molecule has 1 aliphatic rings. The zero-order valence-electron chi connectivity index (χ0n) is 19.5. The Hall–Kier alpha value is -2.43. The van der Waals surface area contributed by atoms with Crippen LogP contribution in [0.3, 0.4) is 0 Å². The first-order valence-corrected chi connectivity index (χ1v) is 13.8. The first-order valence-electron chi connectivity index (χ1n) is 11.5. The summed E-state index contributed by atoms with van der Waals surface area (Å²) in [4.78, 5) is 39.9. The molecule has 184 valence electrons. The molecule has 2 heterocycles. The molecule has 10 heteroatoms. The Bertz CT molecular complexity index is 1110. The number of nitrogens with zero attached hydrogens (tertiary/aromatic N) is 1. The van der Waals surface area contributed by atoms with E-state index in [1.54, 1.807) is 38.2 Å². The molecule has 3 rings (SSSR count). The first-order chi connectivity index (χ1) is 16.2. The van der Waals surface area contributed by atoms with Gasteiger partial charge in [0.05, 0.1) is 10.9 Å². The van der Waals surface area contributed by atoms with Gasteiger partial charge in [-0.1, -0.05) is 38.5 Å². The number of sulfonamides is 1. The zero-order valence-corrected chi connectivity index (χ0v) is 21.1. The number of carbonyl (C=O) groups excluding carboxylic acids is 3. The molecule has 0 saturated carbocycles. The molecular formula is C24H31N3O5S2. The maximum Gasteiger partial charge on any atom is 0.287 e. The molecule has 0 spiro atoms. The standard InChI is InChI=1S/C24H31N3O5S2/c1-16(2)22(27-34(31,32)19-9-5-3-6-10-19)20(28)14-17-13-18-15-26-33-21(18)11-7-4-8-12-25-24(30)23(17)29/h3,5-6,9-10,15-17,22,27H,4,7-8,11-14H2,1-2H3,(H,25,30). The van der Waals surface area contributed by atoms with Crippen molar-refractivity contribution in [1.82, 2.24) is 14.4 Å². The lowest BCUT2D eigenvalue weighted by Gasteiger charge is -2.23. The van der Waals surface area contributed by atoms with E-state index in [1.807, 2.05) is 0 Å². The van der Waals surface area contributed by atoms with Crippen LogP contribution in [0.1, 0.15) is 50.0 Å². The fourth-order valence-electron chi connectivity index (χ4n) is 4.02. The Morgan fingerprint density at radius 2 is 1.91 bits per heavy atom. The summed E-state index contributed by atoms with van der Waals surface area (Å²) in [7, 11) is -3.93. The Morgan fingerprint density at radius 1 is 1.18 bits per heavy atom. The zero-order chi connectivity index (χ0) is 24.7.